The van der Waals surface area contributed by atoms with Crippen molar-refractivity contribution >= 4 is 72.0 Å². The normalized spacial score (nSPS) is 16.3. The SMILES string of the molecule is CC1=NN(c2cc(Cl)c(S(=O)(=O)O)cc2Cl)C(=O)[C@H]1N=Nc1cccc(S(=O)(=O)Nc2ccccc2)c1. The van der Waals surface area contributed by atoms with Crippen LogP contribution in [0.25, 0.3) is 0 Å². The number of rotatable bonds is 7. The first kappa shape index (κ1) is 26.7. The summed E-state index contributed by atoms with van der Waals surface area (Å²) in [4.78, 5) is 12.3. The Bertz CT molecular complexity index is 1660. The molecule has 0 aliphatic carbocycles. The van der Waals surface area contributed by atoms with Crippen molar-refractivity contribution in [3.63, 3.8) is 0 Å². The number of benzene rings is 3. The van der Waals surface area contributed by atoms with Crippen LogP contribution in [0, 0.1) is 0 Å². The summed E-state index contributed by atoms with van der Waals surface area (Å²) in [5, 5.41) is 12.5. The highest BCUT2D eigenvalue weighted by atomic mass is 35.5. The van der Waals surface area contributed by atoms with Gasteiger partial charge in [-0.05, 0) is 49.4 Å². The number of hydrogen-bond acceptors (Lipinski definition) is 8. The van der Waals surface area contributed by atoms with Gasteiger partial charge in [-0.1, -0.05) is 47.5 Å². The van der Waals surface area contributed by atoms with E-state index in [1.54, 1.807) is 30.3 Å². The number of para-hydroxylation sites is 1. The quantitative estimate of drug-likeness (QED) is 0.297. The van der Waals surface area contributed by atoms with Gasteiger partial charge in [-0.3, -0.25) is 14.1 Å². The molecule has 2 N–H and O–H groups in total. The lowest BCUT2D eigenvalue weighted by Gasteiger charge is -2.15. The Labute approximate surface area is 222 Å². The first-order chi connectivity index (χ1) is 17.4. The molecule has 4 rings (SSSR count). The summed E-state index contributed by atoms with van der Waals surface area (Å²) in [5.41, 5.74) is 0.783. The van der Waals surface area contributed by atoms with Crippen LogP contribution >= 0.6 is 23.2 Å². The molecule has 3 aromatic carbocycles. The van der Waals surface area contributed by atoms with Crippen LogP contribution in [0.5, 0.6) is 0 Å². The van der Waals surface area contributed by atoms with Gasteiger partial charge in [-0.2, -0.15) is 28.8 Å². The molecular formula is C22H17Cl2N5O6S2. The van der Waals surface area contributed by atoms with Gasteiger partial charge in [-0.15, -0.1) is 0 Å². The molecule has 11 nitrogen and oxygen atoms in total. The summed E-state index contributed by atoms with van der Waals surface area (Å²) >= 11 is 12.1. The van der Waals surface area contributed by atoms with Crippen molar-refractivity contribution in [3.8, 4) is 0 Å². The molecule has 0 bridgehead atoms. The Morgan fingerprint density at radius 1 is 0.973 bits per heavy atom. The van der Waals surface area contributed by atoms with E-state index in [0.717, 1.165) is 17.1 Å². The number of carbonyl (C=O) groups excluding carboxylic acids is 1. The minimum atomic E-state index is -4.64. The van der Waals surface area contributed by atoms with E-state index in [0.29, 0.717) is 5.69 Å². The molecule has 0 radical (unpaired) electrons. The fraction of sp³-hybridized carbons (Fsp3) is 0.0909. The Hall–Kier alpha value is -3.36. The van der Waals surface area contributed by atoms with Crippen molar-refractivity contribution in [2.45, 2.75) is 22.8 Å². The maximum Gasteiger partial charge on any atom is 0.296 e. The van der Waals surface area contributed by atoms with Crippen LogP contribution in [0.4, 0.5) is 17.1 Å². The number of sulfonamides is 1. The van der Waals surface area contributed by atoms with Gasteiger partial charge in [0.2, 0.25) is 0 Å². The third kappa shape index (κ3) is 5.81. The lowest BCUT2D eigenvalue weighted by Crippen LogP contribution is -2.30. The Morgan fingerprint density at radius 2 is 1.68 bits per heavy atom. The maximum atomic E-state index is 13.0. The maximum absolute atomic E-state index is 13.0. The molecular weight excluding hydrogens is 565 g/mol. The van der Waals surface area contributed by atoms with Gasteiger partial charge >= 0.3 is 0 Å². The van der Waals surface area contributed by atoms with E-state index in [1.807, 2.05) is 0 Å². The fourth-order valence-corrected chi connectivity index (χ4v) is 5.73. The van der Waals surface area contributed by atoms with Crippen molar-refractivity contribution < 1.29 is 26.2 Å². The first-order valence-corrected chi connectivity index (χ1v) is 14.0. The fourth-order valence-electron chi connectivity index (χ4n) is 3.30. The van der Waals surface area contributed by atoms with Crippen molar-refractivity contribution in [2.24, 2.45) is 15.3 Å². The van der Waals surface area contributed by atoms with Crippen LogP contribution in [0.15, 0.2) is 91.9 Å². The molecule has 1 atom stereocenters. The molecule has 1 aliphatic heterocycles. The standard InChI is InChI=1S/C22H17Cl2N5O6S2/c1-13-21(22(30)29(27-13)19-11-18(24)20(12-17(19)23)37(33,34)35)26-25-15-8-5-9-16(10-15)36(31,32)28-14-6-3-2-4-7-14/h2-12,21,28H,1H3,(H,33,34,35)/t21-/m0/s1. The molecule has 1 amide bonds. The van der Waals surface area contributed by atoms with Crippen LogP contribution in [0.2, 0.25) is 10.0 Å². The number of anilines is 2. The Kier molecular flexibility index (Phi) is 7.35. The van der Waals surface area contributed by atoms with E-state index < -0.39 is 37.0 Å². The molecule has 1 aliphatic rings. The molecule has 0 aromatic heterocycles. The lowest BCUT2D eigenvalue weighted by atomic mass is 10.2. The lowest BCUT2D eigenvalue weighted by molar-refractivity contribution is -0.117. The zero-order valence-corrected chi connectivity index (χ0v) is 21.9. The van der Waals surface area contributed by atoms with E-state index in [4.69, 9.17) is 23.2 Å². The molecule has 15 heteroatoms. The van der Waals surface area contributed by atoms with Gasteiger partial charge in [0.25, 0.3) is 26.0 Å². The molecule has 3 aromatic rings. The molecule has 192 valence electrons. The predicted molar refractivity (Wildman–Crippen MR) is 139 cm³/mol. The smallest absolute Gasteiger partial charge is 0.282 e. The second-order valence-corrected chi connectivity index (χ2v) is 11.6. The van der Waals surface area contributed by atoms with Crippen molar-refractivity contribution in [3.05, 3.63) is 76.8 Å². The van der Waals surface area contributed by atoms with Crippen LogP contribution in [-0.2, 0) is 24.9 Å². The number of nitrogens with one attached hydrogen (secondary N) is 1. The highest BCUT2D eigenvalue weighted by molar-refractivity contribution is 7.92. The van der Waals surface area contributed by atoms with Crippen LogP contribution in [0.3, 0.4) is 0 Å². The third-order valence-corrected chi connectivity index (χ3v) is 8.05. The molecule has 0 fully saturated rings. The van der Waals surface area contributed by atoms with Gasteiger partial charge in [0, 0.05) is 5.69 Å². The molecule has 0 saturated heterocycles. The van der Waals surface area contributed by atoms with Gasteiger partial charge < -0.3 is 0 Å². The number of azo groups is 1. The van der Waals surface area contributed by atoms with E-state index in [2.05, 4.69) is 20.1 Å². The topological polar surface area (TPSA) is 158 Å². The summed E-state index contributed by atoms with van der Waals surface area (Å²) in [6, 6.07) is 14.9. The molecule has 0 unspecified atom stereocenters. The zero-order chi connectivity index (χ0) is 27.0. The minimum Gasteiger partial charge on any atom is -0.282 e. The Morgan fingerprint density at radius 3 is 2.35 bits per heavy atom. The van der Waals surface area contributed by atoms with Gasteiger partial charge in [0.05, 0.1) is 32.0 Å². The highest BCUT2D eigenvalue weighted by Gasteiger charge is 2.36. The number of carbonyl (C=O) groups is 1. The van der Waals surface area contributed by atoms with Crippen molar-refractivity contribution in [2.75, 3.05) is 9.73 Å². The highest BCUT2D eigenvalue weighted by Crippen LogP contribution is 2.36. The van der Waals surface area contributed by atoms with Crippen LogP contribution in [0.1, 0.15) is 6.92 Å². The first-order valence-electron chi connectivity index (χ1n) is 10.3. The summed E-state index contributed by atoms with van der Waals surface area (Å²) in [6.45, 7) is 1.52. The van der Waals surface area contributed by atoms with Crippen LogP contribution < -0.4 is 9.73 Å². The monoisotopic (exact) mass is 581 g/mol. The van der Waals surface area contributed by atoms with Crippen molar-refractivity contribution in [1.82, 2.24) is 0 Å². The second-order valence-electron chi connectivity index (χ2n) is 7.69. The summed E-state index contributed by atoms with van der Waals surface area (Å²) < 4.78 is 60.1. The average molecular weight is 582 g/mol. The van der Waals surface area contributed by atoms with E-state index in [9.17, 15) is 26.2 Å². The molecule has 0 saturated carbocycles. The summed E-state index contributed by atoms with van der Waals surface area (Å²) in [7, 11) is -8.54. The van der Waals surface area contributed by atoms with Gasteiger partial charge in [-0.25, -0.2) is 8.42 Å². The number of hydrogen-bond donors (Lipinski definition) is 2. The molecule has 0 spiro atoms. The van der Waals surface area contributed by atoms with Gasteiger partial charge in [0.1, 0.15) is 4.90 Å². The number of nitrogens with zero attached hydrogens (tertiary/aromatic N) is 4. The minimum absolute atomic E-state index is 0.0267. The average Bonchev–Trinajstić information content (AvgIpc) is 3.11. The molecule has 1 heterocycles. The van der Waals surface area contributed by atoms with Crippen LogP contribution in [-0.4, -0.2) is 39.0 Å². The third-order valence-electron chi connectivity index (χ3n) is 5.05. The Balaban J connectivity index is 1.56. The van der Waals surface area contributed by atoms with E-state index in [1.165, 1.54) is 31.2 Å². The summed E-state index contributed by atoms with van der Waals surface area (Å²) in [6.07, 6.45) is 0. The van der Waals surface area contributed by atoms with E-state index in [-0.39, 0.29) is 32.0 Å². The second kappa shape index (κ2) is 10.2. The van der Waals surface area contributed by atoms with Gasteiger partial charge in [0.15, 0.2) is 6.04 Å². The molecule has 37 heavy (non-hydrogen) atoms. The van der Waals surface area contributed by atoms with E-state index >= 15 is 0 Å². The predicted octanol–water partition coefficient (Wildman–Crippen LogP) is 4.92. The van der Waals surface area contributed by atoms with Crippen molar-refractivity contribution in [1.29, 1.82) is 0 Å². The zero-order valence-electron chi connectivity index (χ0n) is 18.8. The summed E-state index contributed by atoms with van der Waals surface area (Å²) in [5.74, 6) is -0.659. The largest absolute Gasteiger partial charge is 0.296 e. The number of hydrazone groups is 1. The number of halogens is 2. The number of amides is 1.